The highest BCUT2D eigenvalue weighted by molar-refractivity contribution is 5.65. The molecule has 1 aliphatic rings. The van der Waals surface area contributed by atoms with Crippen molar-refractivity contribution in [1.29, 1.82) is 0 Å². The fourth-order valence-electron chi connectivity index (χ4n) is 3.37. The van der Waals surface area contributed by atoms with Crippen LogP contribution in [0.25, 0.3) is 5.76 Å². The topological polar surface area (TPSA) is 71.9 Å². The van der Waals surface area contributed by atoms with Gasteiger partial charge in [0, 0.05) is 6.20 Å². The lowest BCUT2D eigenvalue weighted by Crippen LogP contribution is -2.29. The van der Waals surface area contributed by atoms with E-state index in [9.17, 15) is 0 Å². The van der Waals surface area contributed by atoms with E-state index in [0.29, 0.717) is 37.0 Å². The number of ether oxygens (including phenoxy) is 5. The summed E-state index contributed by atoms with van der Waals surface area (Å²) >= 11 is 0. The van der Waals surface area contributed by atoms with Crippen LogP contribution in [0.3, 0.4) is 0 Å². The van der Waals surface area contributed by atoms with Crippen LogP contribution in [0.4, 0.5) is 0 Å². The Hall–Kier alpha value is -3.42. The molecule has 0 aliphatic carbocycles. The van der Waals surface area contributed by atoms with Crippen molar-refractivity contribution in [1.82, 2.24) is 9.97 Å². The molecule has 0 unspecified atom stereocenters. The molecule has 0 saturated carbocycles. The first-order valence-corrected chi connectivity index (χ1v) is 10.4. The van der Waals surface area contributed by atoms with E-state index in [1.807, 2.05) is 66.7 Å². The second-order valence-electron chi connectivity index (χ2n) is 7.23. The van der Waals surface area contributed by atoms with Crippen molar-refractivity contribution in [3.63, 3.8) is 0 Å². The highest BCUT2D eigenvalue weighted by Gasteiger charge is 2.33. The van der Waals surface area contributed by atoms with Gasteiger partial charge in [0.05, 0.1) is 39.6 Å². The maximum absolute atomic E-state index is 6.21. The fraction of sp³-hybridized carbons (Fsp3) is 0.280. The molecule has 4 rings (SSSR count). The minimum Gasteiger partial charge on any atom is -0.484 e. The van der Waals surface area contributed by atoms with E-state index in [0.717, 1.165) is 11.1 Å². The van der Waals surface area contributed by atoms with E-state index in [1.165, 1.54) is 7.11 Å². The summed E-state index contributed by atoms with van der Waals surface area (Å²) in [5, 5.41) is 0. The van der Waals surface area contributed by atoms with E-state index in [1.54, 1.807) is 13.3 Å². The predicted molar refractivity (Wildman–Crippen MR) is 119 cm³/mol. The van der Waals surface area contributed by atoms with Crippen LogP contribution in [-0.2, 0) is 27.4 Å². The average molecular weight is 434 g/mol. The first kappa shape index (κ1) is 21.8. The molecule has 0 radical (unpaired) electrons. The fourth-order valence-corrected chi connectivity index (χ4v) is 3.37. The Bertz CT molecular complexity index is 1030. The monoisotopic (exact) mass is 434 g/mol. The lowest BCUT2D eigenvalue weighted by molar-refractivity contribution is -0.0448. The molecule has 2 atom stereocenters. The van der Waals surface area contributed by atoms with Crippen LogP contribution < -0.4 is 9.47 Å². The Labute approximate surface area is 187 Å². The van der Waals surface area contributed by atoms with Crippen LogP contribution in [0.1, 0.15) is 16.7 Å². The van der Waals surface area contributed by atoms with Crippen molar-refractivity contribution in [3.05, 3.63) is 89.6 Å². The summed E-state index contributed by atoms with van der Waals surface area (Å²) in [5.41, 5.74) is 2.82. The molecule has 1 aromatic heterocycles. The summed E-state index contributed by atoms with van der Waals surface area (Å²) in [6.07, 6.45) is 2.93. The van der Waals surface area contributed by atoms with Crippen molar-refractivity contribution >= 4 is 5.76 Å². The molecule has 7 heteroatoms. The maximum atomic E-state index is 6.21. The van der Waals surface area contributed by atoms with E-state index in [4.69, 9.17) is 23.7 Å². The standard InChI is InChI=1S/C25H26N2O5/c1-28-24-20(14-26-25(27-24)29-2)21-13-22(31-16-19-11-7-4-8-12-19)23(32-21)17-30-15-18-9-5-3-6-10-18/h3-14,22-23H,15-17H2,1-2H3/t22-,23+/m0/s1. The van der Waals surface area contributed by atoms with Crippen LogP contribution >= 0.6 is 0 Å². The van der Waals surface area contributed by atoms with Gasteiger partial charge in [0.1, 0.15) is 11.9 Å². The number of aromatic nitrogens is 2. The molecule has 7 nitrogen and oxygen atoms in total. The Morgan fingerprint density at radius 1 is 0.875 bits per heavy atom. The summed E-state index contributed by atoms with van der Waals surface area (Å²) in [5.74, 6) is 0.964. The third-order valence-corrected chi connectivity index (χ3v) is 5.01. The second kappa shape index (κ2) is 10.7. The first-order valence-electron chi connectivity index (χ1n) is 10.4. The zero-order valence-corrected chi connectivity index (χ0v) is 18.1. The molecule has 1 aliphatic heterocycles. The molecule has 3 aromatic rings. The Morgan fingerprint density at radius 3 is 2.22 bits per heavy atom. The molecule has 0 amide bonds. The number of rotatable bonds is 10. The van der Waals surface area contributed by atoms with Crippen molar-refractivity contribution in [2.45, 2.75) is 25.4 Å². The summed E-state index contributed by atoms with van der Waals surface area (Å²) < 4.78 is 28.8. The summed E-state index contributed by atoms with van der Waals surface area (Å²) in [6.45, 7) is 1.33. The normalized spacial score (nSPS) is 17.5. The third kappa shape index (κ3) is 5.43. The number of benzene rings is 2. The number of hydrogen-bond acceptors (Lipinski definition) is 7. The molecule has 2 heterocycles. The molecule has 32 heavy (non-hydrogen) atoms. The highest BCUT2D eigenvalue weighted by Crippen LogP contribution is 2.33. The van der Waals surface area contributed by atoms with Gasteiger partial charge >= 0.3 is 6.01 Å². The van der Waals surface area contributed by atoms with Crippen LogP contribution in [0, 0.1) is 0 Å². The SMILES string of the molecule is COc1ncc(C2=C[C@H](OCc3ccccc3)[C@@H](COCc3ccccc3)O2)c(OC)n1. The molecular formula is C25H26N2O5. The zero-order valence-electron chi connectivity index (χ0n) is 18.1. The predicted octanol–water partition coefficient (Wildman–Crippen LogP) is 4.04. The first-order chi connectivity index (χ1) is 15.8. The molecule has 166 valence electrons. The van der Waals surface area contributed by atoms with E-state index in [-0.39, 0.29) is 18.2 Å². The lowest BCUT2D eigenvalue weighted by Gasteiger charge is -2.20. The van der Waals surface area contributed by atoms with Crippen molar-refractivity contribution in [2.24, 2.45) is 0 Å². The molecule has 2 aromatic carbocycles. The van der Waals surface area contributed by atoms with Gasteiger partial charge in [-0.3, -0.25) is 0 Å². The third-order valence-electron chi connectivity index (χ3n) is 5.01. The Kier molecular flexibility index (Phi) is 7.32. The quantitative estimate of drug-likeness (QED) is 0.477. The minimum absolute atomic E-state index is 0.226. The van der Waals surface area contributed by atoms with Gasteiger partial charge < -0.3 is 23.7 Å². The van der Waals surface area contributed by atoms with E-state index >= 15 is 0 Å². The molecule has 0 N–H and O–H groups in total. The van der Waals surface area contributed by atoms with Crippen LogP contribution in [0.2, 0.25) is 0 Å². The van der Waals surface area contributed by atoms with Gasteiger partial charge in [-0.1, -0.05) is 60.7 Å². The van der Waals surface area contributed by atoms with Gasteiger partial charge in [-0.2, -0.15) is 4.98 Å². The zero-order chi connectivity index (χ0) is 22.2. The molecular weight excluding hydrogens is 408 g/mol. The highest BCUT2D eigenvalue weighted by atomic mass is 16.6. The van der Waals surface area contributed by atoms with Crippen molar-refractivity contribution < 1.29 is 23.7 Å². The number of hydrogen-bond donors (Lipinski definition) is 0. The van der Waals surface area contributed by atoms with Gasteiger partial charge in [-0.05, 0) is 17.2 Å². The van der Waals surface area contributed by atoms with Gasteiger partial charge in [0.15, 0.2) is 6.10 Å². The number of methoxy groups -OCH3 is 2. The lowest BCUT2D eigenvalue weighted by atomic mass is 10.2. The second-order valence-corrected chi connectivity index (χ2v) is 7.23. The summed E-state index contributed by atoms with van der Waals surface area (Å²) in [4.78, 5) is 8.44. The minimum atomic E-state index is -0.316. The maximum Gasteiger partial charge on any atom is 0.319 e. The summed E-state index contributed by atoms with van der Waals surface area (Å²) in [7, 11) is 3.05. The number of nitrogens with zero attached hydrogens (tertiary/aromatic N) is 2. The van der Waals surface area contributed by atoms with Crippen LogP contribution in [-0.4, -0.2) is 43.0 Å². The molecule has 0 fully saturated rings. The van der Waals surface area contributed by atoms with Gasteiger partial charge in [-0.15, -0.1) is 0 Å². The van der Waals surface area contributed by atoms with Crippen LogP contribution in [0.5, 0.6) is 11.9 Å². The van der Waals surface area contributed by atoms with Gasteiger partial charge in [0.25, 0.3) is 0 Å². The van der Waals surface area contributed by atoms with Crippen molar-refractivity contribution in [2.75, 3.05) is 20.8 Å². The smallest absolute Gasteiger partial charge is 0.319 e. The Morgan fingerprint density at radius 2 is 1.56 bits per heavy atom. The van der Waals surface area contributed by atoms with Gasteiger partial charge in [0.2, 0.25) is 5.88 Å². The van der Waals surface area contributed by atoms with E-state index in [2.05, 4.69) is 9.97 Å². The molecule has 0 bridgehead atoms. The Balaban J connectivity index is 1.48. The van der Waals surface area contributed by atoms with Crippen LogP contribution in [0.15, 0.2) is 72.9 Å². The average Bonchev–Trinajstić information content (AvgIpc) is 3.26. The van der Waals surface area contributed by atoms with Crippen molar-refractivity contribution in [3.8, 4) is 11.9 Å². The molecule has 0 spiro atoms. The molecule has 0 saturated heterocycles. The van der Waals surface area contributed by atoms with E-state index < -0.39 is 0 Å². The largest absolute Gasteiger partial charge is 0.484 e. The van der Waals surface area contributed by atoms with Gasteiger partial charge in [-0.25, -0.2) is 4.98 Å². The summed E-state index contributed by atoms with van der Waals surface area (Å²) in [6, 6.07) is 20.3.